The summed E-state index contributed by atoms with van der Waals surface area (Å²) in [6.07, 6.45) is 2.09. The van der Waals surface area contributed by atoms with E-state index in [2.05, 4.69) is 31.2 Å². The van der Waals surface area contributed by atoms with E-state index in [1.165, 1.54) is 6.20 Å². The van der Waals surface area contributed by atoms with Crippen molar-refractivity contribution in [1.29, 1.82) is 0 Å². The van der Waals surface area contributed by atoms with Crippen molar-refractivity contribution in [2.24, 2.45) is 0 Å². The van der Waals surface area contributed by atoms with Crippen molar-refractivity contribution in [3.63, 3.8) is 0 Å². The molecule has 0 unspecified atom stereocenters. The van der Waals surface area contributed by atoms with Crippen LogP contribution in [-0.4, -0.2) is 51.4 Å². The number of aromatic nitrogens is 2. The van der Waals surface area contributed by atoms with Crippen LogP contribution in [0.15, 0.2) is 35.1 Å². The van der Waals surface area contributed by atoms with Crippen molar-refractivity contribution in [1.82, 2.24) is 15.3 Å². The number of carbonyl (C=O) groups excluding carboxylic acids is 1. The highest BCUT2D eigenvalue weighted by Crippen LogP contribution is 2.48. The van der Waals surface area contributed by atoms with Gasteiger partial charge in [0.15, 0.2) is 11.5 Å². The van der Waals surface area contributed by atoms with Crippen LogP contribution in [0.5, 0.6) is 5.75 Å². The molecule has 1 spiro atoms. The van der Waals surface area contributed by atoms with E-state index in [1.54, 1.807) is 0 Å². The number of anilines is 1. The zero-order chi connectivity index (χ0) is 23.1. The van der Waals surface area contributed by atoms with Gasteiger partial charge >= 0.3 is 12.1 Å². The molecular formula is C22H25BrN4O5. The van der Waals surface area contributed by atoms with Gasteiger partial charge in [-0.1, -0.05) is 18.2 Å². The van der Waals surface area contributed by atoms with Crippen molar-refractivity contribution >= 4 is 33.8 Å². The fourth-order valence-electron chi connectivity index (χ4n) is 4.23. The van der Waals surface area contributed by atoms with Gasteiger partial charge in [-0.15, -0.1) is 0 Å². The molecule has 2 aromatic rings. The van der Waals surface area contributed by atoms with Crippen molar-refractivity contribution in [3.8, 4) is 5.75 Å². The van der Waals surface area contributed by atoms with E-state index in [1.807, 2.05) is 49.9 Å². The lowest BCUT2D eigenvalue weighted by Crippen LogP contribution is -2.54. The summed E-state index contributed by atoms with van der Waals surface area (Å²) in [5, 5.41) is 12.6. The van der Waals surface area contributed by atoms with E-state index in [0.717, 1.165) is 11.3 Å². The molecule has 10 heteroatoms. The first kappa shape index (κ1) is 22.3. The molecule has 32 heavy (non-hydrogen) atoms. The third kappa shape index (κ3) is 4.36. The predicted octanol–water partition coefficient (Wildman–Crippen LogP) is 3.93. The van der Waals surface area contributed by atoms with E-state index >= 15 is 0 Å². The van der Waals surface area contributed by atoms with Crippen LogP contribution in [0.4, 0.5) is 10.6 Å². The van der Waals surface area contributed by atoms with Crippen LogP contribution in [-0.2, 0) is 4.74 Å². The van der Waals surface area contributed by atoms with Crippen LogP contribution in [0.3, 0.4) is 0 Å². The van der Waals surface area contributed by atoms with Crippen LogP contribution in [0, 0.1) is 0 Å². The van der Waals surface area contributed by atoms with Crippen molar-refractivity contribution < 1.29 is 24.2 Å². The van der Waals surface area contributed by atoms with Crippen molar-refractivity contribution in [2.45, 2.75) is 50.9 Å². The number of nitrogens with one attached hydrogen (secondary N) is 1. The molecule has 170 valence electrons. The van der Waals surface area contributed by atoms with Gasteiger partial charge in [0.05, 0.1) is 6.20 Å². The maximum absolute atomic E-state index is 12.6. The highest BCUT2D eigenvalue weighted by atomic mass is 79.9. The van der Waals surface area contributed by atoms with Crippen LogP contribution < -0.4 is 15.0 Å². The van der Waals surface area contributed by atoms with Crippen molar-refractivity contribution in [2.75, 3.05) is 18.0 Å². The Hall–Kier alpha value is -2.88. The van der Waals surface area contributed by atoms with Gasteiger partial charge in [0.2, 0.25) is 0 Å². The molecule has 1 atom stereocenters. The number of hydrogen-bond acceptors (Lipinski definition) is 7. The summed E-state index contributed by atoms with van der Waals surface area (Å²) in [4.78, 5) is 34.5. The summed E-state index contributed by atoms with van der Waals surface area (Å²) in [7, 11) is 0. The SMILES string of the molecule is CC(C)(C)OC(=O)N[C@@H]1c2ccccc2OC12CCN(c1ncc(Br)nc1C(=O)O)CC2. The smallest absolute Gasteiger partial charge is 0.408 e. The molecule has 1 aromatic carbocycles. The highest BCUT2D eigenvalue weighted by Gasteiger charge is 2.51. The number of alkyl carbamates (subject to hydrolysis) is 1. The molecule has 0 radical (unpaired) electrons. The Kier molecular flexibility index (Phi) is 5.74. The summed E-state index contributed by atoms with van der Waals surface area (Å²) in [6, 6.07) is 7.26. The average molecular weight is 505 g/mol. The van der Waals surface area contributed by atoms with Crippen LogP contribution >= 0.6 is 15.9 Å². The number of amides is 1. The second-order valence-corrected chi connectivity index (χ2v) is 9.75. The van der Waals surface area contributed by atoms with Gasteiger partial charge in [0.1, 0.15) is 27.6 Å². The molecule has 4 rings (SSSR count). The zero-order valence-corrected chi connectivity index (χ0v) is 19.7. The maximum Gasteiger partial charge on any atom is 0.408 e. The maximum atomic E-state index is 12.6. The van der Waals surface area contributed by atoms with Gasteiger partial charge in [-0.25, -0.2) is 19.6 Å². The molecule has 0 bridgehead atoms. The van der Waals surface area contributed by atoms with Gasteiger partial charge in [0, 0.05) is 31.5 Å². The number of ether oxygens (including phenoxy) is 2. The molecule has 0 saturated carbocycles. The lowest BCUT2D eigenvalue weighted by atomic mass is 9.82. The molecule has 0 aliphatic carbocycles. The van der Waals surface area contributed by atoms with Crippen LogP contribution in [0.25, 0.3) is 0 Å². The van der Waals surface area contributed by atoms with Gasteiger partial charge in [0.25, 0.3) is 0 Å². The fourth-order valence-corrected chi connectivity index (χ4v) is 4.51. The number of para-hydroxylation sites is 1. The summed E-state index contributed by atoms with van der Waals surface area (Å²) in [5.74, 6) is -0.0811. The topological polar surface area (TPSA) is 114 Å². The fraction of sp³-hybridized carbons (Fsp3) is 0.455. The Morgan fingerprint density at radius 2 is 1.97 bits per heavy atom. The number of benzene rings is 1. The summed E-state index contributed by atoms with van der Waals surface area (Å²) in [5.41, 5.74) is -0.480. The molecule has 1 aromatic heterocycles. The minimum absolute atomic E-state index is 0.102. The first-order chi connectivity index (χ1) is 15.1. The minimum atomic E-state index is -1.14. The lowest BCUT2D eigenvalue weighted by Gasteiger charge is -2.42. The Bertz CT molecular complexity index is 1050. The molecular weight excluding hydrogens is 480 g/mol. The number of piperidine rings is 1. The zero-order valence-electron chi connectivity index (χ0n) is 18.1. The number of aromatic carboxylic acids is 1. The van der Waals surface area contributed by atoms with Gasteiger partial charge in [-0.2, -0.15) is 0 Å². The molecule has 1 amide bonds. The first-order valence-electron chi connectivity index (χ1n) is 10.4. The van der Waals surface area contributed by atoms with E-state index in [9.17, 15) is 14.7 Å². The van der Waals surface area contributed by atoms with E-state index in [4.69, 9.17) is 9.47 Å². The third-order valence-electron chi connectivity index (χ3n) is 5.57. The first-order valence-corrected chi connectivity index (χ1v) is 11.2. The molecule has 3 heterocycles. The molecule has 1 saturated heterocycles. The van der Waals surface area contributed by atoms with Crippen LogP contribution in [0.2, 0.25) is 0 Å². The minimum Gasteiger partial charge on any atom is -0.484 e. The third-order valence-corrected chi connectivity index (χ3v) is 5.95. The number of carbonyl (C=O) groups is 2. The number of carboxylic acids is 1. The lowest BCUT2D eigenvalue weighted by molar-refractivity contribution is 0.0148. The van der Waals surface area contributed by atoms with Gasteiger partial charge < -0.3 is 24.8 Å². The number of hydrogen-bond donors (Lipinski definition) is 2. The largest absolute Gasteiger partial charge is 0.484 e. The molecule has 2 N–H and O–H groups in total. The highest BCUT2D eigenvalue weighted by molar-refractivity contribution is 9.10. The summed E-state index contributed by atoms with van der Waals surface area (Å²) >= 11 is 3.18. The normalized spacial score (nSPS) is 19.2. The quantitative estimate of drug-likeness (QED) is 0.645. The standard InChI is InChI=1S/C22H25BrN4O5/c1-21(2,3)32-20(30)26-17-13-6-4-5-7-14(13)31-22(17)8-10-27(11-9-22)18-16(19(28)29)25-15(23)12-24-18/h4-7,12,17H,8-11H2,1-3H3,(H,26,30)(H,28,29)/t17-/m1/s1. The number of fused-ring (bicyclic) bond motifs is 1. The monoisotopic (exact) mass is 504 g/mol. The molecule has 1 fully saturated rings. The number of rotatable bonds is 3. The predicted molar refractivity (Wildman–Crippen MR) is 120 cm³/mol. The van der Waals surface area contributed by atoms with Gasteiger partial charge in [-0.05, 0) is 42.8 Å². The van der Waals surface area contributed by atoms with Crippen LogP contribution in [0.1, 0.15) is 55.7 Å². The Morgan fingerprint density at radius 1 is 1.28 bits per heavy atom. The van der Waals surface area contributed by atoms with Gasteiger partial charge in [-0.3, -0.25) is 0 Å². The molecule has 9 nitrogen and oxygen atoms in total. The number of nitrogens with zero attached hydrogens (tertiary/aromatic N) is 3. The van der Waals surface area contributed by atoms with E-state index < -0.39 is 23.3 Å². The average Bonchev–Trinajstić information content (AvgIpc) is 3.00. The van der Waals surface area contributed by atoms with E-state index in [-0.39, 0.29) is 11.7 Å². The summed E-state index contributed by atoms with van der Waals surface area (Å²) < 4.78 is 12.3. The number of halogens is 1. The second-order valence-electron chi connectivity index (χ2n) is 8.94. The Morgan fingerprint density at radius 3 is 2.62 bits per heavy atom. The molecule has 2 aliphatic heterocycles. The summed E-state index contributed by atoms with van der Waals surface area (Å²) in [6.45, 7) is 6.45. The number of carboxylic acid groups (broad SMARTS) is 1. The Labute approximate surface area is 194 Å². The van der Waals surface area contributed by atoms with E-state index in [0.29, 0.717) is 36.4 Å². The van der Waals surface area contributed by atoms with Crippen molar-refractivity contribution in [3.05, 3.63) is 46.3 Å². The Balaban J connectivity index is 1.57. The molecule has 2 aliphatic rings. The second kappa shape index (κ2) is 8.23.